The highest BCUT2D eigenvalue weighted by Crippen LogP contribution is 2.15. The molecule has 1 amide bonds. The van der Waals surface area contributed by atoms with Gasteiger partial charge in [0.15, 0.2) is 0 Å². The second kappa shape index (κ2) is 3.22. The van der Waals surface area contributed by atoms with E-state index in [0.717, 1.165) is 13.0 Å². The maximum Gasteiger partial charge on any atom is 0.239 e. The molecule has 0 aromatic rings. The number of hydrogen-bond acceptors (Lipinski definition) is 2. The average molecular weight is 156 g/mol. The van der Waals surface area contributed by atoms with Gasteiger partial charge in [0.1, 0.15) is 0 Å². The molecule has 1 aliphatic heterocycles. The molecule has 1 heterocycles. The molecule has 2 atom stereocenters. The van der Waals surface area contributed by atoms with Crippen LogP contribution in [0.3, 0.4) is 0 Å². The van der Waals surface area contributed by atoms with Crippen LogP contribution in [0.5, 0.6) is 0 Å². The van der Waals surface area contributed by atoms with Crippen molar-refractivity contribution in [2.75, 3.05) is 20.6 Å². The van der Waals surface area contributed by atoms with E-state index in [-0.39, 0.29) is 11.9 Å². The Labute approximate surface area is 67.8 Å². The molecule has 64 valence electrons. The molecule has 0 bridgehead atoms. The summed E-state index contributed by atoms with van der Waals surface area (Å²) in [5.74, 6) is 0.848. The van der Waals surface area contributed by atoms with E-state index in [2.05, 4.69) is 12.2 Å². The molecule has 1 N–H and O–H groups in total. The number of nitrogens with one attached hydrogen (secondary N) is 1. The maximum atomic E-state index is 11.4. The van der Waals surface area contributed by atoms with Crippen molar-refractivity contribution in [3.63, 3.8) is 0 Å². The molecule has 1 fully saturated rings. The van der Waals surface area contributed by atoms with Crippen molar-refractivity contribution in [1.82, 2.24) is 10.2 Å². The summed E-state index contributed by atoms with van der Waals surface area (Å²) < 4.78 is 0. The number of likely N-dealkylation sites (tertiary alicyclic amines) is 1. The largest absolute Gasteiger partial charge is 0.344 e. The first-order valence-electron chi connectivity index (χ1n) is 4.07. The standard InChI is InChI=1S/C8H16N2O/c1-6-4-7(9-2)8(11)10(3)5-6/h6-7,9H,4-5H2,1-3H3. The van der Waals surface area contributed by atoms with Gasteiger partial charge in [0.2, 0.25) is 5.91 Å². The molecule has 1 aliphatic rings. The third-order valence-electron chi connectivity index (χ3n) is 2.25. The molecule has 1 saturated heterocycles. The predicted octanol–water partition coefficient (Wildman–Crippen LogP) is 0.0726. The number of rotatable bonds is 1. The van der Waals surface area contributed by atoms with Crippen molar-refractivity contribution in [1.29, 1.82) is 0 Å². The Balaban J connectivity index is 2.59. The van der Waals surface area contributed by atoms with Gasteiger partial charge in [0.05, 0.1) is 6.04 Å². The Morgan fingerprint density at radius 1 is 1.64 bits per heavy atom. The number of nitrogens with zero attached hydrogens (tertiary/aromatic N) is 1. The van der Waals surface area contributed by atoms with Crippen LogP contribution < -0.4 is 5.32 Å². The van der Waals surface area contributed by atoms with Crippen LogP contribution in [0.1, 0.15) is 13.3 Å². The minimum atomic E-state index is 0.0451. The molecular formula is C8H16N2O. The van der Waals surface area contributed by atoms with E-state index in [9.17, 15) is 4.79 Å². The average Bonchev–Trinajstić information content (AvgIpc) is 1.96. The summed E-state index contributed by atoms with van der Waals surface area (Å²) in [7, 11) is 3.71. The zero-order valence-electron chi connectivity index (χ0n) is 7.42. The van der Waals surface area contributed by atoms with Gasteiger partial charge in [-0.3, -0.25) is 4.79 Å². The third-order valence-corrected chi connectivity index (χ3v) is 2.25. The quantitative estimate of drug-likeness (QED) is 0.583. The van der Waals surface area contributed by atoms with Crippen LogP contribution in [-0.4, -0.2) is 37.5 Å². The van der Waals surface area contributed by atoms with Crippen LogP contribution in [-0.2, 0) is 4.79 Å². The zero-order chi connectivity index (χ0) is 8.43. The molecule has 3 nitrogen and oxygen atoms in total. The Hall–Kier alpha value is -0.570. The molecule has 1 rings (SSSR count). The van der Waals surface area contributed by atoms with Gasteiger partial charge in [-0.25, -0.2) is 0 Å². The van der Waals surface area contributed by atoms with Gasteiger partial charge in [-0.15, -0.1) is 0 Å². The number of piperidine rings is 1. The SMILES string of the molecule is CNC1CC(C)CN(C)C1=O. The first-order valence-corrected chi connectivity index (χ1v) is 4.07. The smallest absolute Gasteiger partial charge is 0.239 e. The van der Waals surface area contributed by atoms with E-state index in [1.165, 1.54) is 0 Å². The van der Waals surface area contributed by atoms with E-state index in [1.807, 2.05) is 14.1 Å². The molecule has 2 unspecified atom stereocenters. The molecule has 11 heavy (non-hydrogen) atoms. The number of carbonyl (C=O) groups is 1. The van der Waals surface area contributed by atoms with E-state index < -0.39 is 0 Å². The molecule has 3 heteroatoms. The third kappa shape index (κ3) is 1.71. The highest BCUT2D eigenvalue weighted by atomic mass is 16.2. The Bertz CT molecular complexity index is 158. The van der Waals surface area contributed by atoms with Gasteiger partial charge in [0, 0.05) is 13.6 Å². The lowest BCUT2D eigenvalue weighted by molar-refractivity contribution is -0.135. The topological polar surface area (TPSA) is 32.3 Å². The molecule has 0 radical (unpaired) electrons. The highest BCUT2D eigenvalue weighted by Gasteiger charge is 2.28. The van der Waals surface area contributed by atoms with Gasteiger partial charge < -0.3 is 10.2 Å². The summed E-state index contributed by atoms with van der Waals surface area (Å²) >= 11 is 0. The number of amides is 1. The second-order valence-corrected chi connectivity index (χ2v) is 3.40. The number of carbonyl (C=O) groups excluding carboxylic acids is 1. The normalized spacial score (nSPS) is 32.6. The lowest BCUT2D eigenvalue weighted by Crippen LogP contribution is -2.50. The van der Waals surface area contributed by atoms with Crippen LogP contribution >= 0.6 is 0 Å². The van der Waals surface area contributed by atoms with E-state index in [4.69, 9.17) is 0 Å². The summed E-state index contributed by atoms with van der Waals surface area (Å²) in [5.41, 5.74) is 0. The maximum absolute atomic E-state index is 11.4. The fraction of sp³-hybridized carbons (Fsp3) is 0.875. The molecule has 0 aromatic carbocycles. The van der Waals surface area contributed by atoms with Gasteiger partial charge in [-0.1, -0.05) is 6.92 Å². The van der Waals surface area contributed by atoms with Crippen molar-refractivity contribution in [2.24, 2.45) is 5.92 Å². The monoisotopic (exact) mass is 156 g/mol. The first-order chi connectivity index (χ1) is 5.15. The Morgan fingerprint density at radius 3 is 2.82 bits per heavy atom. The van der Waals surface area contributed by atoms with Gasteiger partial charge in [0.25, 0.3) is 0 Å². The van der Waals surface area contributed by atoms with E-state index in [1.54, 1.807) is 4.90 Å². The lowest BCUT2D eigenvalue weighted by atomic mass is 9.96. The van der Waals surface area contributed by atoms with Crippen LogP contribution in [0.15, 0.2) is 0 Å². The number of hydrogen-bond donors (Lipinski definition) is 1. The fourth-order valence-electron chi connectivity index (χ4n) is 1.64. The van der Waals surface area contributed by atoms with Crippen molar-refractivity contribution in [3.8, 4) is 0 Å². The molecule has 0 saturated carbocycles. The molecule has 0 aromatic heterocycles. The van der Waals surface area contributed by atoms with Crippen molar-refractivity contribution in [3.05, 3.63) is 0 Å². The second-order valence-electron chi connectivity index (χ2n) is 3.40. The van der Waals surface area contributed by atoms with Gasteiger partial charge in [-0.05, 0) is 19.4 Å². The van der Waals surface area contributed by atoms with Crippen LogP contribution in [0.4, 0.5) is 0 Å². The Kier molecular flexibility index (Phi) is 2.49. The van der Waals surface area contributed by atoms with Crippen molar-refractivity contribution in [2.45, 2.75) is 19.4 Å². The first kappa shape index (κ1) is 8.53. The predicted molar refractivity (Wildman–Crippen MR) is 44.3 cm³/mol. The van der Waals surface area contributed by atoms with Crippen LogP contribution in [0.25, 0.3) is 0 Å². The fourth-order valence-corrected chi connectivity index (χ4v) is 1.64. The lowest BCUT2D eigenvalue weighted by Gasteiger charge is -2.33. The molecule has 0 aliphatic carbocycles. The van der Waals surface area contributed by atoms with Gasteiger partial charge >= 0.3 is 0 Å². The van der Waals surface area contributed by atoms with E-state index in [0.29, 0.717) is 5.92 Å². The summed E-state index contributed by atoms with van der Waals surface area (Å²) in [5, 5.41) is 3.02. The zero-order valence-corrected chi connectivity index (χ0v) is 7.42. The Morgan fingerprint density at radius 2 is 2.27 bits per heavy atom. The van der Waals surface area contributed by atoms with Crippen LogP contribution in [0, 0.1) is 5.92 Å². The van der Waals surface area contributed by atoms with Crippen LogP contribution in [0.2, 0.25) is 0 Å². The minimum Gasteiger partial charge on any atom is -0.344 e. The summed E-state index contributed by atoms with van der Waals surface area (Å²) in [4.78, 5) is 13.2. The molecular weight excluding hydrogens is 140 g/mol. The summed E-state index contributed by atoms with van der Waals surface area (Å²) in [6.45, 7) is 3.07. The van der Waals surface area contributed by atoms with E-state index >= 15 is 0 Å². The minimum absolute atomic E-state index is 0.0451. The van der Waals surface area contributed by atoms with Crippen molar-refractivity contribution < 1.29 is 4.79 Å². The summed E-state index contributed by atoms with van der Waals surface area (Å²) in [6, 6.07) is 0.0451. The summed E-state index contributed by atoms with van der Waals surface area (Å²) in [6.07, 6.45) is 0.972. The van der Waals surface area contributed by atoms with Gasteiger partial charge in [-0.2, -0.15) is 0 Å². The highest BCUT2D eigenvalue weighted by molar-refractivity contribution is 5.82. The number of likely N-dealkylation sites (N-methyl/N-ethyl adjacent to an activating group) is 2. The molecule has 0 spiro atoms. The van der Waals surface area contributed by atoms with Crippen molar-refractivity contribution >= 4 is 5.91 Å².